The molecule has 1 aromatic heterocycles. The quantitative estimate of drug-likeness (QED) is 0.879. The average molecular weight is 267 g/mol. The predicted octanol–water partition coefficient (Wildman–Crippen LogP) is 2.86. The highest BCUT2D eigenvalue weighted by Crippen LogP contribution is 2.50. The van der Waals surface area contributed by atoms with E-state index in [4.69, 9.17) is 5.73 Å². The monoisotopic (exact) mass is 267 g/mol. The highest BCUT2D eigenvalue weighted by Gasteiger charge is 2.43. The van der Waals surface area contributed by atoms with E-state index in [9.17, 15) is 0 Å². The van der Waals surface area contributed by atoms with E-state index in [0.717, 1.165) is 12.5 Å². The first-order valence-corrected chi connectivity index (χ1v) is 7.92. The van der Waals surface area contributed by atoms with Crippen molar-refractivity contribution in [2.45, 2.75) is 37.0 Å². The van der Waals surface area contributed by atoms with Crippen molar-refractivity contribution in [1.29, 1.82) is 0 Å². The highest BCUT2D eigenvalue weighted by molar-refractivity contribution is 5.91. The Balaban J connectivity index is 1.73. The van der Waals surface area contributed by atoms with Gasteiger partial charge in [0.2, 0.25) is 0 Å². The van der Waals surface area contributed by atoms with E-state index in [0.29, 0.717) is 5.41 Å². The van der Waals surface area contributed by atoms with Crippen LogP contribution < -0.4 is 10.6 Å². The molecular formula is C17H21N3. The number of rotatable bonds is 2. The van der Waals surface area contributed by atoms with Gasteiger partial charge in [-0.2, -0.15) is 0 Å². The van der Waals surface area contributed by atoms with Gasteiger partial charge in [-0.05, 0) is 49.3 Å². The van der Waals surface area contributed by atoms with Crippen molar-refractivity contribution < 1.29 is 0 Å². The van der Waals surface area contributed by atoms with Crippen LogP contribution in [0.4, 0.5) is 5.82 Å². The number of hydrogen-bond acceptors (Lipinski definition) is 2. The highest BCUT2D eigenvalue weighted by atomic mass is 15.2. The lowest BCUT2D eigenvalue weighted by molar-refractivity contribution is 0.475. The summed E-state index contributed by atoms with van der Waals surface area (Å²) in [6.07, 6.45) is 5.17. The largest absolute Gasteiger partial charge is 0.358 e. The molecule has 6 rings (SSSR count). The third-order valence-corrected chi connectivity index (χ3v) is 5.89. The normalized spacial score (nSPS) is 23.4. The van der Waals surface area contributed by atoms with Gasteiger partial charge in [0.05, 0.1) is 0 Å². The van der Waals surface area contributed by atoms with Gasteiger partial charge in [-0.3, -0.25) is 0 Å². The van der Waals surface area contributed by atoms with E-state index in [1.807, 2.05) is 0 Å². The Kier molecular flexibility index (Phi) is 2.01. The molecule has 0 radical (unpaired) electrons. The van der Waals surface area contributed by atoms with Gasteiger partial charge in [0.25, 0.3) is 0 Å². The van der Waals surface area contributed by atoms with Crippen LogP contribution in [-0.2, 0) is 5.41 Å². The fourth-order valence-electron chi connectivity index (χ4n) is 4.34. The minimum absolute atomic E-state index is 0.298. The van der Waals surface area contributed by atoms with Crippen LogP contribution in [0.5, 0.6) is 0 Å². The van der Waals surface area contributed by atoms with Gasteiger partial charge in [-0.25, -0.2) is 0 Å². The fraction of sp³-hybridized carbons (Fsp3) is 0.529. The van der Waals surface area contributed by atoms with E-state index >= 15 is 0 Å². The Morgan fingerprint density at radius 1 is 1.25 bits per heavy atom. The molecule has 1 aliphatic carbocycles. The second-order valence-electron chi connectivity index (χ2n) is 6.89. The van der Waals surface area contributed by atoms with Gasteiger partial charge in [-0.1, -0.05) is 6.07 Å². The summed E-state index contributed by atoms with van der Waals surface area (Å²) in [7, 11) is 0. The van der Waals surface area contributed by atoms with Crippen molar-refractivity contribution in [3.05, 3.63) is 29.3 Å². The Morgan fingerprint density at radius 3 is 2.75 bits per heavy atom. The standard InChI is InChI=1S/C17H21N3/c18-10-17(5-6-17)12-1-2-14-13(9-12)15-11-3-7-20(8-4-11)16(15)19-14/h1-2,9,11,19H,3-8,10,18H2. The number of hydrogen-bond donors (Lipinski definition) is 2. The van der Waals surface area contributed by atoms with Crippen molar-refractivity contribution in [2.24, 2.45) is 5.73 Å². The number of nitrogens with zero attached hydrogens (tertiary/aromatic N) is 1. The molecule has 1 saturated heterocycles. The fourth-order valence-corrected chi connectivity index (χ4v) is 4.34. The smallest absolute Gasteiger partial charge is 0.110 e. The van der Waals surface area contributed by atoms with Crippen molar-refractivity contribution >= 4 is 16.7 Å². The maximum Gasteiger partial charge on any atom is 0.110 e. The summed E-state index contributed by atoms with van der Waals surface area (Å²) in [5, 5.41) is 1.46. The first kappa shape index (κ1) is 11.2. The van der Waals surface area contributed by atoms with Crippen LogP contribution in [0.15, 0.2) is 18.2 Å². The molecule has 0 amide bonds. The number of nitrogens with two attached hydrogens (primary N) is 1. The Labute approximate surface area is 119 Å². The van der Waals surface area contributed by atoms with E-state index < -0.39 is 0 Å². The van der Waals surface area contributed by atoms with Crippen LogP contribution in [0.1, 0.15) is 42.7 Å². The van der Waals surface area contributed by atoms with Crippen LogP contribution in [0, 0.1) is 0 Å². The molecule has 0 atom stereocenters. The molecule has 20 heavy (non-hydrogen) atoms. The van der Waals surface area contributed by atoms with Crippen molar-refractivity contribution in [3.63, 3.8) is 0 Å². The van der Waals surface area contributed by atoms with Gasteiger partial charge in [0.1, 0.15) is 5.82 Å². The molecule has 2 aromatic rings. The van der Waals surface area contributed by atoms with Gasteiger partial charge in [0.15, 0.2) is 0 Å². The average Bonchev–Trinajstić information content (AvgIpc) is 3.21. The first-order valence-electron chi connectivity index (χ1n) is 7.92. The summed E-state index contributed by atoms with van der Waals surface area (Å²) in [4.78, 5) is 6.19. The number of fused-ring (bicyclic) bond motifs is 3. The zero-order valence-corrected chi connectivity index (χ0v) is 11.8. The van der Waals surface area contributed by atoms with Crippen LogP contribution in [0.3, 0.4) is 0 Å². The summed E-state index contributed by atoms with van der Waals surface area (Å²) in [5.41, 5.74) is 10.7. The van der Waals surface area contributed by atoms with Crippen LogP contribution in [-0.4, -0.2) is 24.6 Å². The summed E-state index contributed by atoms with van der Waals surface area (Å²) < 4.78 is 0. The number of piperidine rings is 1. The van der Waals surface area contributed by atoms with E-state index in [-0.39, 0.29) is 0 Å². The molecule has 3 heteroatoms. The molecular weight excluding hydrogens is 246 g/mol. The van der Waals surface area contributed by atoms with Gasteiger partial charge in [0, 0.05) is 41.5 Å². The topological polar surface area (TPSA) is 45.1 Å². The third-order valence-electron chi connectivity index (χ3n) is 5.89. The molecule has 3 aliphatic heterocycles. The summed E-state index contributed by atoms with van der Waals surface area (Å²) >= 11 is 0. The second-order valence-corrected chi connectivity index (χ2v) is 6.89. The number of benzene rings is 1. The molecule has 1 aromatic carbocycles. The summed E-state index contributed by atoms with van der Waals surface area (Å²) in [5.74, 6) is 2.17. The molecule has 2 bridgehead atoms. The molecule has 0 spiro atoms. The molecule has 1 saturated carbocycles. The summed E-state index contributed by atoms with van der Waals surface area (Å²) in [6.45, 7) is 3.24. The molecule has 4 heterocycles. The molecule has 4 aliphatic rings. The second kappa shape index (κ2) is 3.59. The number of aromatic amines is 1. The minimum atomic E-state index is 0.298. The SMILES string of the molecule is NCC1(c2ccc3[nH]c4c(c3c2)C2CCN4CC2)CC1. The van der Waals surface area contributed by atoms with Crippen LogP contribution in [0.2, 0.25) is 0 Å². The Hall–Kier alpha value is -1.48. The number of nitrogens with one attached hydrogen (secondary N) is 1. The van der Waals surface area contributed by atoms with Crippen molar-refractivity contribution in [3.8, 4) is 0 Å². The van der Waals surface area contributed by atoms with Crippen LogP contribution >= 0.6 is 0 Å². The van der Waals surface area contributed by atoms with Gasteiger partial charge in [-0.15, -0.1) is 0 Å². The predicted molar refractivity (Wildman–Crippen MR) is 82.5 cm³/mol. The maximum absolute atomic E-state index is 6.00. The maximum atomic E-state index is 6.00. The minimum Gasteiger partial charge on any atom is -0.358 e. The van der Waals surface area contributed by atoms with E-state index in [1.165, 1.54) is 61.1 Å². The Bertz CT molecular complexity index is 688. The van der Waals surface area contributed by atoms with E-state index in [1.54, 1.807) is 5.56 Å². The summed E-state index contributed by atoms with van der Waals surface area (Å²) in [6, 6.07) is 7.01. The van der Waals surface area contributed by atoms with Crippen molar-refractivity contribution in [1.82, 2.24) is 4.98 Å². The van der Waals surface area contributed by atoms with Gasteiger partial charge < -0.3 is 15.6 Å². The molecule has 2 fully saturated rings. The lowest BCUT2D eigenvalue weighted by Crippen LogP contribution is -2.38. The van der Waals surface area contributed by atoms with Gasteiger partial charge >= 0.3 is 0 Å². The number of anilines is 1. The molecule has 104 valence electrons. The van der Waals surface area contributed by atoms with Crippen LogP contribution in [0.25, 0.3) is 10.9 Å². The number of aromatic nitrogens is 1. The van der Waals surface area contributed by atoms with Crippen molar-refractivity contribution in [2.75, 3.05) is 24.5 Å². The molecule has 3 nitrogen and oxygen atoms in total. The Morgan fingerprint density at radius 2 is 2.05 bits per heavy atom. The lowest BCUT2D eigenvalue weighted by atomic mass is 9.83. The zero-order valence-electron chi connectivity index (χ0n) is 11.8. The van der Waals surface area contributed by atoms with E-state index in [2.05, 4.69) is 28.1 Å². The zero-order chi connectivity index (χ0) is 13.3. The lowest BCUT2D eigenvalue weighted by Gasteiger charge is -2.40. The number of H-pyrrole nitrogens is 1. The third kappa shape index (κ3) is 1.29. The first-order chi connectivity index (χ1) is 9.81. The molecule has 0 unspecified atom stereocenters. The molecule has 3 N–H and O–H groups in total.